The van der Waals surface area contributed by atoms with Gasteiger partial charge in [0.15, 0.2) is 0 Å². The summed E-state index contributed by atoms with van der Waals surface area (Å²) in [5.41, 5.74) is 0. The van der Waals surface area contributed by atoms with Crippen LogP contribution in [0.5, 0.6) is 0 Å². The van der Waals surface area contributed by atoms with Gasteiger partial charge in [-0.05, 0) is 18.8 Å². The van der Waals surface area contributed by atoms with Crippen LogP contribution in [0, 0.1) is 5.92 Å². The highest BCUT2D eigenvalue weighted by atomic mass is 35.5. The lowest BCUT2D eigenvalue weighted by Crippen LogP contribution is -2.25. The number of carbonyl (C=O) groups excluding carboxylic acids is 1. The number of esters is 1. The molecule has 13 heavy (non-hydrogen) atoms. The summed E-state index contributed by atoms with van der Waals surface area (Å²) in [5, 5.41) is -0.428. The largest absolute Gasteiger partial charge is 0.468 e. The third kappa shape index (κ3) is 3.18. The van der Waals surface area contributed by atoms with Crippen LogP contribution in [0.25, 0.3) is 0 Å². The predicted molar refractivity (Wildman–Crippen MR) is 52.8 cm³/mol. The molecule has 0 heterocycles. The Morgan fingerprint density at radius 3 is 2.31 bits per heavy atom. The summed E-state index contributed by atoms with van der Waals surface area (Å²) in [6.07, 6.45) is 7.10. The molecule has 0 amide bonds. The van der Waals surface area contributed by atoms with E-state index in [0.717, 1.165) is 12.8 Å². The normalized spacial score (nSPS) is 22.0. The summed E-state index contributed by atoms with van der Waals surface area (Å²) >= 11 is 6.01. The van der Waals surface area contributed by atoms with E-state index in [2.05, 4.69) is 4.74 Å². The number of hydrogen-bond acceptors (Lipinski definition) is 2. The van der Waals surface area contributed by atoms with Gasteiger partial charge >= 0.3 is 5.97 Å². The summed E-state index contributed by atoms with van der Waals surface area (Å²) in [7, 11) is 1.40. The molecule has 0 saturated heterocycles. The van der Waals surface area contributed by atoms with Gasteiger partial charge in [0, 0.05) is 0 Å². The molecule has 1 unspecified atom stereocenters. The molecule has 0 aromatic heterocycles. The zero-order valence-corrected chi connectivity index (χ0v) is 8.85. The maximum atomic E-state index is 11.2. The summed E-state index contributed by atoms with van der Waals surface area (Å²) < 4.78 is 4.64. The quantitative estimate of drug-likeness (QED) is 0.393. The minimum absolute atomic E-state index is 0.270. The molecule has 1 saturated carbocycles. The van der Waals surface area contributed by atoms with Crippen LogP contribution < -0.4 is 0 Å². The van der Waals surface area contributed by atoms with Crippen molar-refractivity contribution in [2.45, 2.75) is 43.9 Å². The number of carbonyl (C=O) groups is 1. The molecule has 0 aromatic rings. The van der Waals surface area contributed by atoms with E-state index in [0.29, 0.717) is 5.92 Å². The molecule has 1 aliphatic rings. The van der Waals surface area contributed by atoms with Crippen molar-refractivity contribution in [2.75, 3.05) is 7.11 Å². The zero-order valence-electron chi connectivity index (χ0n) is 8.09. The van der Waals surface area contributed by atoms with Gasteiger partial charge in [0.2, 0.25) is 0 Å². The highest BCUT2D eigenvalue weighted by Gasteiger charge is 2.27. The molecule has 0 spiro atoms. The molecule has 1 atom stereocenters. The lowest BCUT2D eigenvalue weighted by molar-refractivity contribution is -0.141. The van der Waals surface area contributed by atoms with E-state index in [9.17, 15) is 4.79 Å². The average Bonchev–Trinajstić information content (AvgIpc) is 2.43. The number of halogens is 1. The molecule has 2 nitrogen and oxygen atoms in total. The first-order valence-electron chi connectivity index (χ1n) is 4.97. The van der Waals surface area contributed by atoms with E-state index in [1.165, 1.54) is 32.8 Å². The summed E-state index contributed by atoms with van der Waals surface area (Å²) in [6.45, 7) is 0. The van der Waals surface area contributed by atoms with E-state index in [-0.39, 0.29) is 5.97 Å². The van der Waals surface area contributed by atoms with Crippen LogP contribution in [0.1, 0.15) is 38.5 Å². The Hall–Kier alpha value is -0.240. The predicted octanol–water partition coefficient (Wildman–Crippen LogP) is 2.74. The maximum Gasteiger partial charge on any atom is 0.324 e. The Labute approximate surface area is 84.6 Å². The number of methoxy groups -OCH3 is 1. The van der Waals surface area contributed by atoms with Gasteiger partial charge in [-0.3, -0.25) is 4.79 Å². The van der Waals surface area contributed by atoms with Crippen LogP contribution in [0.3, 0.4) is 0 Å². The third-order valence-corrected chi connectivity index (χ3v) is 3.27. The minimum atomic E-state index is -0.428. The van der Waals surface area contributed by atoms with Crippen molar-refractivity contribution in [1.29, 1.82) is 0 Å². The molecule has 0 N–H and O–H groups in total. The second-order valence-electron chi connectivity index (χ2n) is 3.68. The molecule has 1 aliphatic carbocycles. The van der Waals surface area contributed by atoms with Crippen molar-refractivity contribution in [3.8, 4) is 0 Å². The van der Waals surface area contributed by atoms with Crippen LogP contribution in [0.4, 0.5) is 0 Å². The summed E-state index contributed by atoms with van der Waals surface area (Å²) in [4.78, 5) is 11.2. The van der Waals surface area contributed by atoms with Crippen LogP contribution >= 0.6 is 11.6 Å². The lowest BCUT2D eigenvalue weighted by atomic mass is 9.96. The molecule has 1 fully saturated rings. The minimum Gasteiger partial charge on any atom is -0.468 e. The van der Waals surface area contributed by atoms with Gasteiger partial charge < -0.3 is 4.74 Å². The fraction of sp³-hybridized carbons (Fsp3) is 0.900. The Morgan fingerprint density at radius 2 is 1.85 bits per heavy atom. The third-order valence-electron chi connectivity index (χ3n) is 2.74. The van der Waals surface area contributed by atoms with Gasteiger partial charge in [-0.2, -0.15) is 0 Å². The summed E-state index contributed by atoms with van der Waals surface area (Å²) in [5.74, 6) is 0.0604. The van der Waals surface area contributed by atoms with Crippen molar-refractivity contribution < 1.29 is 9.53 Å². The van der Waals surface area contributed by atoms with Crippen molar-refractivity contribution in [3.63, 3.8) is 0 Å². The SMILES string of the molecule is COC(=O)C(Cl)C1CCCCCC1. The van der Waals surface area contributed by atoms with E-state index in [1.807, 2.05) is 0 Å². The van der Waals surface area contributed by atoms with E-state index < -0.39 is 5.38 Å². The molecular weight excluding hydrogens is 188 g/mol. The Kier molecular flexibility index (Phi) is 4.57. The van der Waals surface area contributed by atoms with Crippen molar-refractivity contribution >= 4 is 17.6 Å². The highest BCUT2D eigenvalue weighted by Crippen LogP contribution is 2.28. The van der Waals surface area contributed by atoms with E-state index >= 15 is 0 Å². The standard InChI is InChI=1S/C10H17ClO2/c1-13-10(12)9(11)8-6-4-2-3-5-7-8/h8-9H,2-7H2,1H3. The first-order chi connectivity index (χ1) is 6.25. The number of hydrogen-bond donors (Lipinski definition) is 0. The lowest BCUT2D eigenvalue weighted by Gasteiger charge is -2.17. The van der Waals surface area contributed by atoms with Gasteiger partial charge in [0.05, 0.1) is 7.11 Å². The van der Waals surface area contributed by atoms with Crippen LogP contribution in [-0.4, -0.2) is 18.5 Å². The average molecular weight is 205 g/mol. The highest BCUT2D eigenvalue weighted by molar-refractivity contribution is 6.30. The van der Waals surface area contributed by atoms with E-state index in [4.69, 9.17) is 11.6 Å². The van der Waals surface area contributed by atoms with Gasteiger partial charge in [-0.1, -0.05) is 25.7 Å². The summed E-state index contributed by atoms with van der Waals surface area (Å²) in [6, 6.07) is 0. The molecule has 0 aromatic carbocycles. The molecule has 0 radical (unpaired) electrons. The Balaban J connectivity index is 2.43. The van der Waals surface area contributed by atoms with Crippen LogP contribution in [0.15, 0.2) is 0 Å². The van der Waals surface area contributed by atoms with E-state index in [1.54, 1.807) is 0 Å². The van der Waals surface area contributed by atoms with Gasteiger partial charge in [-0.25, -0.2) is 0 Å². The Morgan fingerprint density at radius 1 is 1.31 bits per heavy atom. The number of ether oxygens (including phenoxy) is 1. The Bertz CT molecular complexity index is 162. The van der Waals surface area contributed by atoms with Gasteiger partial charge in [-0.15, -0.1) is 11.6 Å². The van der Waals surface area contributed by atoms with Gasteiger partial charge in [0.1, 0.15) is 5.38 Å². The van der Waals surface area contributed by atoms with Crippen molar-refractivity contribution in [1.82, 2.24) is 0 Å². The molecule has 76 valence electrons. The monoisotopic (exact) mass is 204 g/mol. The van der Waals surface area contributed by atoms with Crippen molar-refractivity contribution in [2.24, 2.45) is 5.92 Å². The molecule has 3 heteroatoms. The number of alkyl halides is 1. The maximum absolute atomic E-state index is 11.2. The molecular formula is C10H17ClO2. The smallest absolute Gasteiger partial charge is 0.324 e. The zero-order chi connectivity index (χ0) is 9.68. The fourth-order valence-corrected chi connectivity index (χ4v) is 2.25. The molecule has 0 aliphatic heterocycles. The molecule has 0 bridgehead atoms. The first-order valence-corrected chi connectivity index (χ1v) is 5.41. The second kappa shape index (κ2) is 5.48. The second-order valence-corrected chi connectivity index (χ2v) is 4.15. The topological polar surface area (TPSA) is 26.3 Å². The van der Waals surface area contributed by atoms with Crippen LogP contribution in [-0.2, 0) is 9.53 Å². The first kappa shape index (κ1) is 10.8. The van der Waals surface area contributed by atoms with Gasteiger partial charge in [0.25, 0.3) is 0 Å². The fourth-order valence-electron chi connectivity index (χ4n) is 1.91. The molecule has 1 rings (SSSR count). The van der Waals surface area contributed by atoms with Crippen molar-refractivity contribution in [3.05, 3.63) is 0 Å². The van der Waals surface area contributed by atoms with Crippen LogP contribution in [0.2, 0.25) is 0 Å². The number of rotatable bonds is 2.